The Morgan fingerprint density at radius 3 is 1.79 bits per heavy atom. The molecule has 0 spiro atoms. The number of carbonyl (C=O) groups is 4. The smallest absolute Gasteiger partial charge is 0.303 e. The topological polar surface area (TPSA) is 96.0 Å². The molecule has 0 aromatic carbocycles. The van der Waals surface area contributed by atoms with Gasteiger partial charge in [0.05, 0.1) is 0 Å². The molecule has 0 heterocycles. The molecule has 0 aliphatic heterocycles. The molecule has 0 rings (SSSR count). The maximum atomic E-state index is 11.0. The van der Waals surface area contributed by atoms with Gasteiger partial charge in [0.2, 0.25) is 0 Å². The number of aldehydes is 1. The molecule has 0 aromatic heterocycles. The van der Waals surface area contributed by atoms with Gasteiger partial charge in [-0.1, -0.05) is 0 Å². The first kappa shape index (κ1) is 17.1. The van der Waals surface area contributed by atoms with Crippen molar-refractivity contribution in [2.24, 2.45) is 0 Å². The van der Waals surface area contributed by atoms with Gasteiger partial charge in [0.1, 0.15) is 18.5 Å². The summed E-state index contributed by atoms with van der Waals surface area (Å²) in [6.45, 7) is 5.01. The van der Waals surface area contributed by atoms with Gasteiger partial charge in [0.25, 0.3) is 0 Å². The van der Waals surface area contributed by atoms with Crippen molar-refractivity contribution < 1.29 is 33.4 Å². The quantitative estimate of drug-likeness (QED) is 0.376. The van der Waals surface area contributed by atoms with Gasteiger partial charge in [0.15, 0.2) is 6.10 Å². The fraction of sp³-hybridized carbons (Fsp3) is 0.667. The van der Waals surface area contributed by atoms with E-state index in [1.54, 1.807) is 0 Å². The van der Waals surface area contributed by atoms with Gasteiger partial charge in [-0.05, 0) is 6.92 Å². The third-order valence-corrected chi connectivity index (χ3v) is 2.13. The second-order valence-corrected chi connectivity index (χ2v) is 3.94. The molecule has 0 unspecified atom stereocenters. The third-order valence-electron chi connectivity index (χ3n) is 2.13. The van der Waals surface area contributed by atoms with Gasteiger partial charge in [-0.25, -0.2) is 0 Å². The zero-order valence-corrected chi connectivity index (χ0v) is 11.4. The normalized spacial score (nSPS) is 14.7. The number of rotatable bonds is 7. The third kappa shape index (κ3) is 7.17. The van der Waals surface area contributed by atoms with E-state index in [2.05, 4.69) is 0 Å². The van der Waals surface area contributed by atoms with Crippen molar-refractivity contribution >= 4 is 24.2 Å². The van der Waals surface area contributed by atoms with E-state index in [-0.39, 0.29) is 6.42 Å². The monoisotopic (exact) mass is 274 g/mol. The van der Waals surface area contributed by atoms with Crippen LogP contribution in [0.25, 0.3) is 0 Å². The minimum absolute atomic E-state index is 0.164. The van der Waals surface area contributed by atoms with E-state index in [0.29, 0.717) is 6.29 Å². The van der Waals surface area contributed by atoms with E-state index in [9.17, 15) is 19.2 Å². The summed E-state index contributed by atoms with van der Waals surface area (Å²) in [6.07, 6.45) is -2.50. The zero-order chi connectivity index (χ0) is 15.0. The van der Waals surface area contributed by atoms with E-state index in [0.717, 1.165) is 0 Å². The molecule has 3 atom stereocenters. The Balaban J connectivity index is 5.02. The van der Waals surface area contributed by atoms with Crippen molar-refractivity contribution in [3.8, 4) is 0 Å². The van der Waals surface area contributed by atoms with Crippen LogP contribution in [0.15, 0.2) is 0 Å². The van der Waals surface area contributed by atoms with Gasteiger partial charge >= 0.3 is 17.9 Å². The molecule has 7 heteroatoms. The van der Waals surface area contributed by atoms with Gasteiger partial charge in [-0.15, -0.1) is 0 Å². The maximum Gasteiger partial charge on any atom is 0.303 e. The molecule has 0 aliphatic rings. The highest BCUT2D eigenvalue weighted by molar-refractivity contribution is 5.68. The van der Waals surface area contributed by atoms with E-state index in [1.165, 1.54) is 27.7 Å². The Bertz CT molecular complexity index is 350. The molecule has 0 aliphatic carbocycles. The molecule has 0 amide bonds. The number of hydrogen-bond donors (Lipinski definition) is 0. The molecule has 0 aromatic rings. The lowest BCUT2D eigenvalue weighted by Gasteiger charge is -2.29. The van der Waals surface area contributed by atoms with Crippen LogP contribution in [-0.4, -0.2) is 42.5 Å². The fourth-order valence-electron chi connectivity index (χ4n) is 1.55. The predicted molar refractivity (Wildman–Crippen MR) is 63.0 cm³/mol. The summed E-state index contributed by atoms with van der Waals surface area (Å²) in [4.78, 5) is 43.5. The second kappa shape index (κ2) is 8.23. The summed E-state index contributed by atoms with van der Waals surface area (Å²) >= 11 is 0. The van der Waals surface area contributed by atoms with Crippen molar-refractivity contribution in [1.29, 1.82) is 0 Å². The minimum Gasteiger partial charge on any atom is -0.459 e. The van der Waals surface area contributed by atoms with Gasteiger partial charge in [-0.2, -0.15) is 0 Å². The molecular weight excluding hydrogens is 256 g/mol. The first-order chi connectivity index (χ1) is 8.77. The summed E-state index contributed by atoms with van der Waals surface area (Å²) < 4.78 is 14.8. The molecule has 7 nitrogen and oxygen atoms in total. The molecule has 0 fully saturated rings. The summed E-state index contributed by atoms with van der Waals surface area (Å²) in [5.74, 6) is -1.83. The molecule has 0 saturated carbocycles. The minimum atomic E-state index is -1.03. The van der Waals surface area contributed by atoms with E-state index in [4.69, 9.17) is 14.2 Å². The average Bonchev–Trinajstić information content (AvgIpc) is 2.23. The standard InChI is InChI=1S/C12H18O7/c1-7(17-8(2)14)12(19-10(4)16)11(5-6-13)18-9(3)15/h6-7,11-12H,5H2,1-4H3/t7-,11-,12+/m0/s1. The van der Waals surface area contributed by atoms with Crippen LogP contribution in [0.3, 0.4) is 0 Å². The first-order valence-corrected chi connectivity index (χ1v) is 5.73. The Morgan fingerprint density at radius 1 is 0.947 bits per heavy atom. The number of ether oxygens (including phenoxy) is 3. The van der Waals surface area contributed by atoms with Crippen LogP contribution in [0.5, 0.6) is 0 Å². The molecule has 0 N–H and O–H groups in total. The Hall–Kier alpha value is -1.92. The fourth-order valence-corrected chi connectivity index (χ4v) is 1.55. The highest BCUT2D eigenvalue weighted by Gasteiger charge is 2.33. The summed E-state index contributed by atoms with van der Waals surface area (Å²) in [7, 11) is 0. The number of hydrogen-bond acceptors (Lipinski definition) is 7. The predicted octanol–water partition coefficient (Wildman–Crippen LogP) is 0.390. The van der Waals surface area contributed by atoms with Gasteiger partial charge < -0.3 is 19.0 Å². The Labute approximate surface area is 111 Å². The van der Waals surface area contributed by atoms with Crippen LogP contribution < -0.4 is 0 Å². The van der Waals surface area contributed by atoms with Crippen LogP contribution in [0.1, 0.15) is 34.1 Å². The average molecular weight is 274 g/mol. The van der Waals surface area contributed by atoms with Crippen LogP contribution in [0, 0.1) is 0 Å². The molecular formula is C12H18O7. The number of carbonyl (C=O) groups excluding carboxylic acids is 4. The highest BCUT2D eigenvalue weighted by atomic mass is 16.6. The van der Waals surface area contributed by atoms with E-state index < -0.39 is 36.2 Å². The van der Waals surface area contributed by atoms with Crippen molar-refractivity contribution in [2.75, 3.05) is 0 Å². The maximum absolute atomic E-state index is 11.0. The highest BCUT2D eigenvalue weighted by Crippen LogP contribution is 2.15. The summed E-state index contributed by atoms with van der Waals surface area (Å²) in [6, 6.07) is 0. The molecule has 0 bridgehead atoms. The number of esters is 3. The van der Waals surface area contributed by atoms with Crippen LogP contribution in [-0.2, 0) is 33.4 Å². The van der Waals surface area contributed by atoms with E-state index >= 15 is 0 Å². The lowest BCUT2D eigenvalue weighted by atomic mass is 10.1. The first-order valence-electron chi connectivity index (χ1n) is 5.73. The summed E-state index contributed by atoms with van der Waals surface area (Å²) in [5, 5.41) is 0. The second-order valence-electron chi connectivity index (χ2n) is 3.94. The largest absolute Gasteiger partial charge is 0.459 e. The van der Waals surface area contributed by atoms with Crippen molar-refractivity contribution in [2.45, 2.75) is 52.4 Å². The van der Waals surface area contributed by atoms with Crippen LogP contribution in [0.4, 0.5) is 0 Å². The van der Waals surface area contributed by atoms with Crippen molar-refractivity contribution in [1.82, 2.24) is 0 Å². The van der Waals surface area contributed by atoms with Gasteiger partial charge in [-0.3, -0.25) is 14.4 Å². The summed E-state index contributed by atoms with van der Waals surface area (Å²) in [5.41, 5.74) is 0. The van der Waals surface area contributed by atoms with Gasteiger partial charge in [0, 0.05) is 27.2 Å². The molecule has 108 valence electrons. The Morgan fingerprint density at radius 2 is 1.42 bits per heavy atom. The van der Waals surface area contributed by atoms with Crippen LogP contribution >= 0.6 is 0 Å². The zero-order valence-electron chi connectivity index (χ0n) is 11.4. The van der Waals surface area contributed by atoms with Crippen LogP contribution in [0.2, 0.25) is 0 Å². The molecule has 0 saturated heterocycles. The molecule has 0 radical (unpaired) electrons. The van der Waals surface area contributed by atoms with E-state index in [1.807, 2.05) is 0 Å². The lowest BCUT2D eigenvalue weighted by molar-refractivity contribution is -0.181. The Kier molecular flexibility index (Phi) is 7.40. The van der Waals surface area contributed by atoms with Crippen molar-refractivity contribution in [3.05, 3.63) is 0 Å². The van der Waals surface area contributed by atoms with Crippen molar-refractivity contribution in [3.63, 3.8) is 0 Å². The SMILES string of the molecule is CC(=O)O[C@H]([C@H](C)OC(C)=O)[C@H](CC=O)OC(C)=O. The molecule has 19 heavy (non-hydrogen) atoms. The lowest BCUT2D eigenvalue weighted by Crippen LogP contribution is -2.43.